The number of carbonyl (C=O) groups is 4. The molecule has 4 atom stereocenters. The van der Waals surface area contributed by atoms with Crippen molar-refractivity contribution in [1.82, 2.24) is 41.0 Å². The number of hydrogen-bond acceptors (Lipinski definition) is 11. The fraction of sp³-hybridized carbons (Fsp3) is 0.550. The van der Waals surface area contributed by atoms with Crippen LogP contribution in [0.25, 0.3) is 10.4 Å². The summed E-state index contributed by atoms with van der Waals surface area (Å²) in [5.41, 5.74) is 4.50. The van der Waals surface area contributed by atoms with E-state index in [0.717, 1.165) is 66.8 Å². The number of likely N-dealkylation sites (N-methyl/N-ethyl adjacent to an activating group) is 1. The number of thiazole rings is 1. The Morgan fingerprint density at radius 2 is 1.70 bits per heavy atom. The van der Waals surface area contributed by atoms with Crippen molar-refractivity contribution in [3.05, 3.63) is 64.9 Å². The Morgan fingerprint density at radius 3 is 2.30 bits per heavy atom. The number of amides is 4. The molecule has 2 fully saturated rings. The predicted octanol–water partition coefficient (Wildman–Crippen LogP) is 3.16. The van der Waals surface area contributed by atoms with Gasteiger partial charge in [-0.2, -0.15) is 0 Å². The lowest BCUT2D eigenvalue weighted by molar-refractivity contribution is -0.144. The zero-order valence-electron chi connectivity index (χ0n) is 33.3. The number of nitrogens with zero attached hydrogens (tertiary/aromatic N) is 5. The molecule has 4 heterocycles. The maximum atomic E-state index is 14.0. The van der Waals surface area contributed by atoms with Gasteiger partial charge >= 0.3 is 0 Å². The number of benzene rings is 1. The summed E-state index contributed by atoms with van der Waals surface area (Å²) in [6.45, 7) is 15.3. The summed E-state index contributed by atoms with van der Waals surface area (Å²) in [4.78, 5) is 69.5. The molecular formula is C40H58ClN9O5S. The number of aryl methyl sites for hydroxylation is 1. The Labute approximate surface area is 340 Å². The third-order valence-corrected chi connectivity index (χ3v) is 11.3. The van der Waals surface area contributed by atoms with Gasteiger partial charge in [0.1, 0.15) is 17.9 Å². The van der Waals surface area contributed by atoms with Gasteiger partial charge in [-0.3, -0.25) is 24.1 Å². The van der Waals surface area contributed by atoms with Crippen LogP contribution in [0.2, 0.25) is 0 Å². The highest BCUT2D eigenvalue weighted by Gasteiger charge is 2.44. The van der Waals surface area contributed by atoms with Crippen molar-refractivity contribution in [1.29, 1.82) is 0 Å². The lowest BCUT2D eigenvalue weighted by atomic mass is 9.85. The molecule has 2 aliphatic rings. The highest BCUT2D eigenvalue weighted by atomic mass is 35.5. The van der Waals surface area contributed by atoms with Gasteiger partial charge in [0.2, 0.25) is 17.7 Å². The summed E-state index contributed by atoms with van der Waals surface area (Å²) >= 11 is 1.58. The van der Waals surface area contributed by atoms with Crippen molar-refractivity contribution in [2.45, 2.75) is 78.1 Å². The van der Waals surface area contributed by atoms with Crippen LogP contribution in [0, 0.1) is 12.3 Å². The summed E-state index contributed by atoms with van der Waals surface area (Å²) in [6.07, 6.45) is 1.26. The Balaban J connectivity index is 0.00000696. The second-order valence-electron chi connectivity index (χ2n) is 15.6. The van der Waals surface area contributed by atoms with E-state index in [1.807, 2.05) is 77.5 Å². The fourth-order valence-electron chi connectivity index (χ4n) is 6.98. The number of anilines is 1. The van der Waals surface area contributed by atoms with Crippen LogP contribution in [0.3, 0.4) is 0 Å². The standard InChI is InChI=1S/C40H57N9O5S.ClH/c1-26(28-9-11-29(12-10-28)35-27(2)44-25-55-35)45-38(53)32-22-31(50)24-49(32)39(54)36(40(3,4)5)46-34(51)8-7-15-42-37(52)30-13-14-33(43-23-30)48-20-18-47(19-21-48)17-16-41-6;/h9-14,23,25-26,31-32,36,41,50H,7-8,15-22,24H2,1-6H3,(H,42,52)(H,45,53)(H,46,51);1H/t26-,31+,32-,36+;/m0./s1. The molecule has 5 rings (SSSR count). The van der Waals surface area contributed by atoms with Gasteiger partial charge in [0.05, 0.1) is 33.8 Å². The third-order valence-electron chi connectivity index (χ3n) is 10.3. The number of likely N-dealkylation sites (tertiary alicyclic amines) is 1. The molecule has 2 aliphatic heterocycles. The molecule has 306 valence electrons. The summed E-state index contributed by atoms with van der Waals surface area (Å²) in [5.74, 6) is -0.551. The van der Waals surface area contributed by atoms with Gasteiger partial charge in [0.15, 0.2) is 0 Å². The molecule has 5 N–H and O–H groups in total. The molecule has 0 saturated carbocycles. The molecule has 2 aromatic heterocycles. The van der Waals surface area contributed by atoms with E-state index in [1.165, 1.54) is 4.90 Å². The number of rotatable bonds is 15. The Hall–Kier alpha value is -4.15. The number of aliphatic hydroxyl groups is 1. The van der Waals surface area contributed by atoms with Crippen LogP contribution < -0.4 is 26.2 Å². The molecule has 0 aliphatic carbocycles. The summed E-state index contributed by atoms with van der Waals surface area (Å²) in [5, 5.41) is 22.5. The Morgan fingerprint density at radius 1 is 0.982 bits per heavy atom. The van der Waals surface area contributed by atoms with Crippen molar-refractivity contribution in [3.63, 3.8) is 0 Å². The van der Waals surface area contributed by atoms with Gasteiger partial charge in [-0.1, -0.05) is 45.0 Å². The smallest absolute Gasteiger partial charge is 0.252 e. The van der Waals surface area contributed by atoms with E-state index in [9.17, 15) is 24.3 Å². The van der Waals surface area contributed by atoms with Crippen molar-refractivity contribution in [3.8, 4) is 10.4 Å². The SMILES string of the molecule is CNCCN1CCN(c2ccc(C(=O)NCCCC(=O)N[C@H](C(=O)N3C[C@H](O)C[C@H]3C(=O)N[C@@H](C)c3ccc(-c4scnc4C)cc3)C(C)(C)C)cn2)CC1.Cl. The Bertz CT molecular complexity index is 1760. The fourth-order valence-corrected chi connectivity index (χ4v) is 7.79. The quantitative estimate of drug-likeness (QED) is 0.144. The Kier molecular flexibility index (Phi) is 16.2. The summed E-state index contributed by atoms with van der Waals surface area (Å²) < 4.78 is 0. The molecule has 16 heteroatoms. The highest BCUT2D eigenvalue weighted by Crippen LogP contribution is 2.29. The first-order valence-corrected chi connectivity index (χ1v) is 20.1. The number of β-amino-alcohol motifs (C(OH)–C–C–N with tert-alkyl or cyclic N) is 1. The van der Waals surface area contributed by atoms with Crippen LogP contribution in [0.4, 0.5) is 5.82 Å². The lowest BCUT2D eigenvalue weighted by Crippen LogP contribution is -2.57. The van der Waals surface area contributed by atoms with Gasteiger partial charge in [-0.25, -0.2) is 9.97 Å². The van der Waals surface area contributed by atoms with Crippen LogP contribution >= 0.6 is 23.7 Å². The van der Waals surface area contributed by atoms with Gasteiger partial charge < -0.3 is 36.2 Å². The van der Waals surface area contributed by atoms with E-state index in [2.05, 4.69) is 41.0 Å². The number of pyridine rings is 1. The first-order chi connectivity index (χ1) is 26.2. The minimum absolute atomic E-state index is 0. The van der Waals surface area contributed by atoms with Gasteiger partial charge in [0, 0.05) is 71.4 Å². The summed E-state index contributed by atoms with van der Waals surface area (Å²) in [7, 11) is 1.96. The molecular weight excluding hydrogens is 754 g/mol. The topological polar surface area (TPSA) is 172 Å². The molecule has 0 bridgehead atoms. The molecule has 14 nitrogen and oxygen atoms in total. The number of carbonyl (C=O) groups excluding carboxylic acids is 4. The van der Waals surface area contributed by atoms with Crippen LogP contribution in [0.1, 0.15) is 74.6 Å². The zero-order chi connectivity index (χ0) is 39.7. The zero-order valence-corrected chi connectivity index (χ0v) is 35.0. The minimum atomic E-state index is -0.934. The highest BCUT2D eigenvalue weighted by molar-refractivity contribution is 7.13. The molecule has 0 radical (unpaired) electrons. The molecule has 0 unspecified atom stereocenters. The van der Waals surface area contributed by atoms with Gasteiger partial charge in [0.25, 0.3) is 5.91 Å². The molecule has 3 aromatic rings. The van der Waals surface area contributed by atoms with E-state index < -0.39 is 29.5 Å². The maximum Gasteiger partial charge on any atom is 0.252 e. The van der Waals surface area contributed by atoms with Gasteiger partial charge in [-0.05, 0) is 56.0 Å². The average Bonchev–Trinajstić information content (AvgIpc) is 3.79. The number of halogens is 1. The van der Waals surface area contributed by atoms with E-state index in [-0.39, 0.29) is 62.1 Å². The normalized spacial score (nSPS) is 18.5. The maximum absolute atomic E-state index is 14.0. The van der Waals surface area contributed by atoms with Crippen molar-refractivity contribution in [2.24, 2.45) is 5.41 Å². The second kappa shape index (κ2) is 20.3. The lowest BCUT2D eigenvalue weighted by Gasteiger charge is -2.35. The number of piperazine rings is 1. The van der Waals surface area contributed by atoms with E-state index in [4.69, 9.17) is 0 Å². The van der Waals surface area contributed by atoms with Crippen LogP contribution in [-0.2, 0) is 14.4 Å². The number of aliphatic hydroxyl groups excluding tert-OH is 1. The first-order valence-electron chi connectivity index (χ1n) is 19.2. The van der Waals surface area contributed by atoms with Crippen molar-refractivity contribution >= 4 is 53.2 Å². The van der Waals surface area contributed by atoms with Crippen LogP contribution in [0.15, 0.2) is 48.1 Å². The first kappa shape index (κ1) is 44.6. The molecule has 1 aromatic carbocycles. The largest absolute Gasteiger partial charge is 0.391 e. The minimum Gasteiger partial charge on any atom is -0.391 e. The predicted molar refractivity (Wildman–Crippen MR) is 222 cm³/mol. The number of nitrogens with one attached hydrogen (secondary N) is 4. The second-order valence-corrected chi connectivity index (χ2v) is 16.4. The number of hydrogen-bond donors (Lipinski definition) is 5. The van der Waals surface area contributed by atoms with Crippen LogP contribution in [0.5, 0.6) is 0 Å². The van der Waals surface area contributed by atoms with Crippen molar-refractivity contribution < 1.29 is 24.3 Å². The van der Waals surface area contributed by atoms with Gasteiger partial charge in [-0.15, -0.1) is 23.7 Å². The molecule has 4 amide bonds. The average molecular weight is 812 g/mol. The monoisotopic (exact) mass is 811 g/mol. The van der Waals surface area contributed by atoms with E-state index in [1.54, 1.807) is 23.6 Å². The van der Waals surface area contributed by atoms with Crippen molar-refractivity contribution in [2.75, 3.05) is 64.3 Å². The van der Waals surface area contributed by atoms with Crippen LogP contribution in [-0.4, -0.2) is 126 Å². The summed E-state index contributed by atoms with van der Waals surface area (Å²) in [6, 6.07) is 9.41. The third kappa shape index (κ3) is 11.7. The van der Waals surface area contributed by atoms with E-state index >= 15 is 0 Å². The molecule has 2 saturated heterocycles. The molecule has 56 heavy (non-hydrogen) atoms. The number of aromatic nitrogens is 2. The molecule has 0 spiro atoms. The van der Waals surface area contributed by atoms with E-state index in [0.29, 0.717) is 12.0 Å².